The quantitative estimate of drug-likeness (QED) is 0.614. The summed E-state index contributed by atoms with van der Waals surface area (Å²) in [5, 5.41) is 0. The summed E-state index contributed by atoms with van der Waals surface area (Å²) in [4.78, 5) is 5.32. The zero-order chi connectivity index (χ0) is 6.27. The Morgan fingerprint density at radius 3 is 2.89 bits per heavy atom. The third-order valence-corrected chi connectivity index (χ3v) is 2.75. The van der Waals surface area contributed by atoms with Gasteiger partial charge in [0, 0.05) is 11.1 Å². The van der Waals surface area contributed by atoms with E-state index in [0.717, 1.165) is 5.92 Å². The van der Waals surface area contributed by atoms with E-state index in [1.165, 1.54) is 17.7 Å². The second kappa shape index (κ2) is 1.96. The molecule has 0 atom stereocenters. The van der Waals surface area contributed by atoms with Crippen LogP contribution in [0.4, 0.5) is 0 Å². The molecule has 1 aromatic rings. The Morgan fingerprint density at radius 1 is 1.67 bits per heavy atom. The predicted octanol–water partition coefficient (Wildman–Crippen LogP) is 2.67. The molecule has 3 heteroatoms. The minimum atomic E-state index is 0.678. The Bertz CT molecular complexity index is 217. The molecule has 0 aromatic carbocycles. The van der Waals surface area contributed by atoms with Crippen LogP contribution in [0.2, 0.25) is 4.47 Å². The van der Waals surface area contributed by atoms with Crippen LogP contribution in [-0.4, -0.2) is 4.98 Å². The molecule has 0 bridgehead atoms. The molecule has 1 nitrogen and oxygen atoms in total. The van der Waals surface area contributed by atoms with Gasteiger partial charge >= 0.3 is 0 Å². The number of hydrogen-bond acceptors (Lipinski definition) is 2. The first-order chi connectivity index (χ1) is 4.36. The Kier molecular flexibility index (Phi) is 1.24. The number of rotatable bonds is 1. The van der Waals surface area contributed by atoms with Crippen molar-refractivity contribution in [3.8, 4) is 0 Å². The van der Waals surface area contributed by atoms with Gasteiger partial charge in [-0.3, -0.25) is 0 Å². The van der Waals surface area contributed by atoms with E-state index in [4.69, 9.17) is 11.6 Å². The molecule has 1 aliphatic rings. The Labute approximate surface area is 62.7 Å². The summed E-state index contributed by atoms with van der Waals surface area (Å²) >= 11 is 7.25. The van der Waals surface area contributed by atoms with Crippen LogP contribution in [0.25, 0.3) is 0 Å². The van der Waals surface area contributed by atoms with Gasteiger partial charge in [0.15, 0.2) is 4.47 Å². The lowest BCUT2D eigenvalue weighted by Gasteiger charge is -1.81. The fraction of sp³-hybridized carbons (Fsp3) is 0.500. The fourth-order valence-corrected chi connectivity index (χ4v) is 1.94. The average molecular weight is 160 g/mol. The van der Waals surface area contributed by atoms with Gasteiger partial charge in [-0.05, 0) is 18.8 Å². The summed E-state index contributed by atoms with van der Waals surface area (Å²) in [7, 11) is 0. The van der Waals surface area contributed by atoms with Crippen LogP contribution in [0.3, 0.4) is 0 Å². The van der Waals surface area contributed by atoms with E-state index in [1.807, 2.05) is 6.20 Å². The normalized spacial score (nSPS) is 18.3. The lowest BCUT2D eigenvalue weighted by Crippen LogP contribution is -1.64. The van der Waals surface area contributed by atoms with E-state index in [2.05, 4.69) is 4.98 Å². The molecule has 0 N–H and O–H groups in total. The van der Waals surface area contributed by atoms with Gasteiger partial charge in [0.25, 0.3) is 0 Å². The minimum Gasteiger partial charge on any atom is -0.233 e. The number of thiazole rings is 1. The van der Waals surface area contributed by atoms with Crippen LogP contribution >= 0.6 is 22.9 Å². The van der Waals surface area contributed by atoms with Crippen LogP contribution in [0, 0.1) is 0 Å². The number of hydrogen-bond donors (Lipinski definition) is 0. The third kappa shape index (κ3) is 1.10. The highest BCUT2D eigenvalue weighted by atomic mass is 35.5. The Morgan fingerprint density at radius 2 is 2.44 bits per heavy atom. The Balaban J connectivity index is 2.28. The molecule has 0 saturated heterocycles. The molecule has 1 aromatic heterocycles. The van der Waals surface area contributed by atoms with Crippen molar-refractivity contribution in [1.29, 1.82) is 0 Å². The zero-order valence-corrected chi connectivity index (χ0v) is 6.37. The molecule has 0 radical (unpaired) electrons. The molecule has 0 unspecified atom stereocenters. The van der Waals surface area contributed by atoms with Crippen molar-refractivity contribution in [2.45, 2.75) is 18.8 Å². The number of aromatic nitrogens is 1. The fourth-order valence-electron chi connectivity index (χ4n) is 0.821. The van der Waals surface area contributed by atoms with Crippen molar-refractivity contribution in [2.24, 2.45) is 0 Å². The molecular weight excluding hydrogens is 154 g/mol. The zero-order valence-electron chi connectivity index (χ0n) is 4.80. The van der Waals surface area contributed by atoms with Crippen LogP contribution in [0.15, 0.2) is 6.20 Å². The lowest BCUT2D eigenvalue weighted by molar-refractivity contribution is 1.16. The molecule has 2 rings (SSSR count). The van der Waals surface area contributed by atoms with E-state index < -0.39 is 0 Å². The van der Waals surface area contributed by atoms with Gasteiger partial charge in [0.2, 0.25) is 0 Å². The first-order valence-electron chi connectivity index (χ1n) is 2.97. The van der Waals surface area contributed by atoms with Gasteiger partial charge < -0.3 is 0 Å². The van der Waals surface area contributed by atoms with Crippen molar-refractivity contribution < 1.29 is 0 Å². The van der Waals surface area contributed by atoms with Crippen molar-refractivity contribution in [1.82, 2.24) is 4.98 Å². The molecule has 1 fully saturated rings. The van der Waals surface area contributed by atoms with Crippen molar-refractivity contribution in [2.75, 3.05) is 0 Å². The maximum absolute atomic E-state index is 5.64. The smallest absolute Gasteiger partial charge is 0.183 e. The van der Waals surface area contributed by atoms with Gasteiger partial charge in [-0.1, -0.05) is 11.6 Å². The first kappa shape index (κ1) is 5.69. The highest BCUT2D eigenvalue weighted by molar-refractivity contribution is 7.15. The summed E-state index contributed by atoms with van der Waals surface area (Å²) in [6, 6.07) is 0. The molecule has 1 aliphatic carbocycles. The molecule has 0 amide bonds. The topological polar surface area (TPSA) is 12.9 Å². The standard InChI is InChI=1S/C6H6ClNS/c7-6-8-3-5(9-6)4-1-2-4/h3-4H,1-2H2. The van der Waals surface area contributed by atoms with Gasteiger partial charge in [-0.25, -0.2) is 4.98 Å². The molecule has 9 heavy (non-hydrogen) atoms. The third-order valence-electron chi connectivity index (χ3n) is 1.48. The SMILES string of the molecule is Clc1ncc(C2CC2)s1. The maximum Gasteiger partial charge on any atom is 0.183 e. The van der Waals surface area contributed by atoms with Gasteiger partial charge in [0.1, 0.15) is 0 Å². The molecule has 1 heterocycles. The second-order valence-electron chi connectivity index (χ2n) is 2.29. The van der Waals surface area contributed by atoms with Gasteiger partial charge in [0.05, 0.1) is 0 Å². The predicted molar refractivity (Wildman–Crippen MR) is 39.1 cm³/mol. The lowest BCUT2D eigenvalue weighted by atomic mass is 10.4. The van der Waals surface area contributed by atoms with E-state index in [9.17, 15) is 0 Å². The maximum atomic E-state index is 5.64. The summed E-state index contributed by atoms with van der Waals surface area (Å²) < 4.78 is 0.678. The first-order valence-corrected chi connectivity index (χ1v) is 4.17. The molecule has 1 saturated carbocycles. The molecule has 48 valence electrons. The highest BCUT2D eigenvalue weighted by Crippen LogP contribution is 2.43. The number of nitrogens with zero attached hydrogens (tertiary/aromatic N) is 1. The average Bonchev–Trinajstić information content (AvgIpc) is 2.58. The highest BCUT2D eigenvalue weighted by Gasteiger charge is 2.25. The largest absolute Gasteiger partial charge is 0.233 e. The van der Waals surface area contributed by atoms with E-state index in [0.29, 0.717) is 4.47 Å². The van der Waals surface area contributed by atoms with Crippen LogP contribution < -0.4 is 0 Å². The summed E-state index contributed by atoms with van der Waals surface area (Å²) in [6.07, 6.45) is 4.56. The van der Waals surface area contributed by atoms with Crippen molar-refractivity contribution in [3.05, 3.63) is 15.5 Å². The minimum absolute atomic E-state index is 0.678. The van der Waals surface area contributed by atoms with E-state index >= 15 is 0 Å². The molecular formula is C6H6ClNS. The van der Waals surface area contributed by atoms with Crippen LogP contribution in [0.5, 0.6) is 0 Å². The van der Waals surface area contributed by atoms with Crippen molar-refractivity contribution in [3.63, 3.8) is 0 Å². The van der Waals surface area contributed by atoms with E-state index in [1.54, 1.807) is 11.3 Å². The summed E-state index contributed by atoms with van der Waals surface area (Å²) in [5.41, 5.74) is 0. The van der Waals surface area contributed by atoms with Crippen LogP contribution in [0.1, 0.15) is 23.6 Å². The molecule has 0 aliphatic heterocycles. The molecule has 0 spiro atoms. The van der Waals surface area contributed by atoms with Crippen molar-refractivity contribution >= 4 is 22.9 Å². The number of halogens is 1. The summed E-state index contributed by atoms with van der Waals surface area (Å²) in [5.74, 6) is 0.801. The second-order valence-corrected chi connectivity index (χ2v) is 3.93. The van der Waals surface area contributed by atoms with Crippen LogP contribution in [-0.2, 0) is 0 Å². The Hall–Kier alpha value is -0.0800. The van der Waals surface area contributed by atoms with Gasteiger partial charge in [-0.15, -0.1) is 11.3 Å². The van der Waals surface area contributed by atoms with E-state index in [-0.39, 0.29) is 0 Å². The monoisotopic (exact) mass is 159 g/mol. The summed E-state index contributed by atoms with van der Waals surface area (Å²) in [6.45, 7) is 0. The van der Waals surface area contributed by atoms with Gasteiger partial charge in [-0.2, -0.15) is 0 Å².